The van der Waals surface area contributed by atoms with E-state index in [-0.39, 0.29) is 0 Å². The summed E-state index contributed by atoms with van der Waals surface area (Å²) in [5.41, 5.74) is 3.52. The van der Waals surface area contributed by atoms with Crippen LogP contribution in [-0.2, 0) is 18.2 Å². The van der Waals surface area contributed by atoms with Gasteiger partial charge in [-0.3, -0.25) is 0 Å². The monoisotopic (exact) mass is 368 g/mol. The number of aryl methyl sites for hydroxylation is 1. The van der Waals surface area contributed by atoms with Crippen molar-refractivity contribution in [2.24, 2.45) is 0 Å². The molecule has 1 heterocycles. The fourth-order valence-corrected chi connectivity index (χ4v) is 2.69. The Hall–Kier alpha value is -0.740. The molecule has 0 N–H and O–H groups in total. The highest BCUT2D eigenvalue weighted by Gasteiger charge is 2.07. The van der Waals surface area contributed by atoms with Gasteiger partial charge in [0.25, 0.3) is 0 Å². The molecule has 0 amide bonds. The van der Waals surface area contributed by atoms with Gasteiger partial charge < -0.3 is 0 Å². The number of hydrogen-bond donors (Lipinski definition) is 0. The molecule has 2 nitrogen and oxygen atoms in total. The van der Waals surface area contributed by atoms with E-state index in [4.69, 9.17) is 0 Å². The van der Waals surface area contributed by atoms with Crippen LogP contribution in [0.15, 0.2) is 34.9 Å². The molecule has 94 valence electrons. The van der Waals surface area contributed by atoms with E-state index in [2.05, 4.69) is 54.8 Å². The minimum Gasteiger partial charge on any atom is -0.241 e. The number of benzene rings is 1. The molecule has 0 fully saturated rings. The van der Waals surface area contributed by atoms with Crippen LogP contribution in [0.1, 0.15) is 29.6 Å². The van der Waals surface area contributed by atoms with Gasteiger partial charge in [-0.25, -0.2) is 9.97 Å². The second-order valence-electron chi connectivity index (χ2n) is 4.01. The van der Waals surface area contributed by atoms with E-state index in [0.717, 1.165) is 34.2 Å². The van der Waals surface area contributed by atoms with Gasteiger partial charge in [-0.2, -0.15) is 0 Å². The average Bonchev–Trinajstić information content (AvgIpc) is 2.41. The second kappa shape index (κ2) is 6.43. The lowest BCUT2D eigenvalue weighted by molar-refractivity contribution is 0.884. The SMILES string of the molecule is CCc1nc(Cc2ccccc2Br)ncc1CBr. The summed E-state index contributed by atoms with van der Waals surface area (Å²) in [7, 11) is 0. The maximum absolute atomic E-state index is 4.64. The topological polar surface area (TPSA) is 25.8 Å². The highest BCUT2D eigenvalue weighted by Crippen LogP contribution is 2.19. The lowest BCUT2D eigenvalue weighted by Gasteiger charge is -2.07. The van der Waals surface area contributed by atoms with Crippen molar-refractivity contribution in [3.8, 4) is 0 Å². The number of halogens is 2. The first kappa shape index (κ1) is 13.7. The van der Waals surface area contributed by atoms with E-state index in [9.17, 15) is 0 Å². The molecule has 0 aliphatic rings. The zero-order valence-electron chi connectivity index (χ0n) is 10.2. The van der Waals surface area contributed by atoms with E-state index in [0.29, 0.717) is 0 Å². The predicted molar refractivity (Wildman–Crippen MR) is 81.0 cm³/mol. The Balaban J connectivity index is 2.27. The molecule has 1 aromatic heterocycles. The average molecular weight is 370 g/mol. The summed E-state index contributed by atoms with van der Waals surface area (Å²) in [6.45, 7) is 2.12. The minimum atomic E-state index is 0.761. The fourth-order valence-electron chi connectivity index (χ4n) is 1.80. The van der Waals surface area contributed by atoms with Crippen LogP contribution in [0.4, 0.5) is 0 Å². The third-order valence-electron chi connectivity index (χ3n) is 2.79. The Morgan fingerprint density at radius 2 is 1.94 bits per heavy atom. The van der Waals surface area contributed by atoms with Crippen LogP contribution in [0, 0.1) is 0 Å². The van der Waals surface area contributed by atoms with Crippen molar-refractivity contribution < 1.29 is 0 Å². The third-order valence-corrected chi connectivity index (χ3v) is 4.17. The summed E-state index contributed by atoms with van der Waals surface area (Å²) in [5, 5.41) is 0.811. The highest BCUT2D eigenvalue weighted by atomic mass is 79.9. The molecule has 0 spiro atoms. The van der Waals surface area contributed by atoms with Gasteiger partial charge in [0.05, 0.1) is 0 Å². The molecule has 0 aliphatic carbocycles. The van der Waals surface area contributed by atoms with Gasteiger partial charge in [-0.1, -0.05) is 57.0 Å². The van der Waals surface area contributed by atoms with Gasteiger partial charge in [0, 0.05) is 33.7 Å². The third kappa shape index (κ3) is 3.18. The van der Waals surface area contributed by atoms with Crippen molar-refractivity contribution in [1.82, 2.24) is 9.97 Å². The van der Waals surface area contributed by atoms with Crippen molar-refractivity contribution in [2.45, 2.75) is 25.1 Å². The van der Waals surface area contributed by atoms with Gasteiger partial charge >= 0.3 is 0 Å². The smallest absolute Gasteiger partial charge is 0.132 e. The Kier molecular flexibility index (Phi) is 4.89. The second-order valence-corrected chi connectivity index (χ2v) is 5.43. The van der Waals surface area contributed by atoms with Crippen molar-refractivity contribution in [3.63, 3.8) is 0 Å². The zero-order chi connectivity index (χ0) is 13.0. The van der Waals surface area contributed by atoms with Crippen LogP contribution in [0.3, 0.4) is 0 Å². The number of aromatic nitrogens is 2. The number of nitrogens with zero attached hydrogens (tertiary/aromatic N) is 2. The summed E-state index contributed by atoms with van der Waals surface area (Å²) in [5.74, 6) is 0.878. The van der Waals surface area contributed by atoms with E-state index >= 15 is 0 Å². The Morgan fingerprint density at radius 3 is 2.61 bits per heavy atom. The summed E-state index contributed by atoms with van der Waals surface area (Å²) >= 11 is 7.02. The van der Waals surface area contributed by atoms with Crippen LogP contribution in [0.2, 0.25) is 0 Å². The van der Waals surface area contributed by atoms with Crippen LogP contribution >= 0.6 is 31.9 Å². The molecule has 0 aliphatic heterocycles. The number of alkyl halides is 1. The first-order valence-electron chi connectivity index (χ1n) is 5.87. The Morgan fingerprint density at radius 1 is 1.17 bits per heavy atom. The minimum absolute atomic E-state index is 0.761. The molecular formula is C14H14Br2N2. The van der Waals surface area contributed by atoms with E-state index < -0.39 is 0 Å². The zero-order valence-corrected chi connectivity index (χ0v) is 13.3. The van der Waals surface area contributed by atoms with Crippen molar-refractivity contribution in [2.75, 3.05) is 0 Å². The summed E-state index contributed by atoms with van der Waals surface area (Å²) < 4.78 is 1.11. The van der Waals surface area contributed by atoms with E-state index in [1.807, 2.05) is 24.4 Å². The summed E-state index contributed by atoms with van der Waals surface area (Å²) in [6.07, 6.45) is 3.62. The van der Waals surface area contributed by atoms with Gasteiger partial charge in [0.2, 0.25) is 0 Å². The van der Waals surface area contributed by atoms with Crippen LogP contribution in [0.25, 0.3) is 0 Å². The van der Waals surface area contributed by atoms with E-state index in [1.165, 1.54) is 11.1 Å². The highest BCUT2D eigenvalue weighted by molar-refractivity contribution is 9.10. The van der Waals surface area contributed by atoms with Gasteiger partial charge in [-0.05, 0) is 18.1 Å². The quantitative estimate of drug-likeness (QED) is 0.751. The normalized spacial score (nSPS) is 10.6. The van der Waals surface area contributed by atoms with Crippen LogP contribution in [-0.4, -0.2) is 9.97 Å². The van der Waals surface area contributed by atoms with Gasteiger partial charge in [-0.15, -0.1) is 0 Å². The summed E-state index contributed by atoms with van der Waals surface area (Å²) in [4.78, 5) is 9.07. The van der Waals surface area contributed by atoms with E-state index in [1.54, 1.807) is 0 Å². The molecular weight excluding hydrogens is 356 g/mol. The Bertz CT molecular complexity index is 541. The van der Waals surface area contributed by atoms with Crippen molar-refractivity contribution >= 4 is 31.9 Å². The molecule has 0 bridgehead atoms. The molecule has 2 aromatic rings. The standard InChI is InChI=1S/C14H14Br2N2/c1-2-13-11(8-15)9-17-14(18-13)7-10-5-3-4-6-12(10)16/h3-6,9H,2,7-8H2,1H3. The number of hydrogen-bond acceptors (Lipinski definition) is 2. The number of rotatable bonds is 4. The molecule has 1 aromatic carbocycles. The lowest BCUT2D eigenvalue weighted by Crippen LogP contribution is -2.03. The summed E-state index contributed by atoms with van der Waals surface area (Å²) in [6, 6.07) is 8.19. The first-order valence-corrected chi connectivity index (χ1v) is 7.79. The molecule has 0 saturated carbocycles. The molecule has 2 rings (SSSR count). The molecule has 0 atom stereocenters. The first-order chi connectivity index (χ1) is 8.74. The Labute approximate surface area is 124 Å². The van der Waals surface area contributed by atoms with Crippen LogP contribution in [0.5, 0.6) is 0 Å². The molecule has 0 radical (unpaired) electrons. The van der Waals surface area contributed by atoms with Crippen LogP contribution < -0.4 is 0 Å². The maximum Gasteiger partial charge on any atom is 0.132 e. The molecule has 18 heavy (non-hydrogen) atoms. The lowest BCUT2D eigenvalue weighted by atomic mass is 10.1. The molecule has 0 unspecified atom stereocenters. The molecule has 4 heteroatoms. The fraction of sp³-hybridized carbons (Fsp3) is 0.286. The van der Waals surface area contributed by atoms with Crippen molar-refractivity contribution in [3.05, 3.63) is 57.6 Å². The van der Waals surface area contributed by atoms with Gasteiger partial charge in [0.15, 0.2) is 0 Å². The predicted octanol–water partition coefficient (Wildman–Crippen LogP) is 4.29. The molecule has 0 saturated heterocycles. The van der Waals surface area contributed by atoms with Gasteiger partial charge in [0.1, 0.15) is 5.82 Å². The van der Waals surface area contributed by atoms with Crippen molar-refractivity contribution in [1.29, 1.82) is 0 Å². The maximum atomic E-state index is 4.64. The largest absolute Gasteiger partial charge is 0.241 e.